The van der Waals surface area contributed by atoms with Crippen LogP contribution in [0.25, 0.3) is 11.0 Å². The first-order valence-corrected chi connectivity index (χ1v) is 6.21. The molecule has 0 aliphatic carbocycles. The molecule has 1 aromatic heterocycles. The van der Waals surface area contributed by atoms with Crippen molar-refractivity contribution in [3.05, 3.63) is 59.2 Å². The maximum atomic E-state index is 13.9. The fourth-order valence-electron chi connectivity index (χ4n) is 2.21. The van der Waals surface area contributed by atoms with E-state index in [4.69, 9.17) is 5.73 Å². The molecule has 1 heterocycles. The van der Waals surface area contributed by atoms with Crippen LogP contribution in [0.5, 0.6) is 0 Å². The monoisotopic (exact) mass is 273 g/mol. The highest BCUT2D eigenvalue weighted by atomic mass is 19.2. The Morgan fingerprint density at radius 2 is 1.80 bits per heavy atom. The van der Waals surface area contributed by atoms with Gasteiger partial charge in [0.1, 0.15) is 5.52 Å². The second-order valence-electron chi connectivity index (χ2n) is 4.77. The van der Waals surface area contributed by atoms with Gasteiger partial charge < -0.3 is 10.3 Å². The van der Waals surface area contributed by atoms with Crippen molar-refractivity contribution >= 4 is 17.0 Å². The number of hydrogen-bond acceptors (Lipinski definition) is 2. The molecule has 0 bridgehead atoms. The molecule has 20 heavy (non-hydrogen) atoms. The number of aryl methyl sites for hydroxylation is 1. The summed E-state index contributed by atoms with van der Waals surface area (Å²) in [7, 11) is 0. The molecule has 0 atom stereocenters. The predicted octanol–water partition coefficient (Wildman–Crippen LogP) is 3.25. The Balaban J connectivity index is 2.13. The Morgan fingerprint density at radius 1 is 1.10 bits per heavy atom. The van der Waals surface area contributed by atoms with Crippen LogP contribution in [0.1, 0.15) is 11.1 Å². The van der Waals surface area contributed by atoms with Crippen LogP contribution >= 0.6 is 0 Å². The zero-order chi connectivity index (χ0) is 14.3. The minimum Gasteiger partial charge on any atom is -0.369 e. The molecule has 3 aromatic rings. The van der Waals surface area contributed by atoms with E-state index >= 15 is 0 Å². The summed E-state index contributed by atoms with van der Waals surface area (Å²) in [6, 6.07) is 10.3. The highest BCUT2D eigenvalue weighted by molar-refractivity contribution is 5.79. The molecular weight excluding hydrogens is 260 g/mol. The number of fused-ring (bicyclic) bond motifs is 1. The Morgan fingerprint density at radius 3 is 2.50 bits per heavy atom. The van der Waals surface area contributed by atoms with Gasteiger partial charge in [0.2, 0.25) is 5.95 Å². The van der Waals surface area contributed by atoms with Gasteiger partial charge in [0, 0.05) is 0 Å². The van der Waals surface area contributed by atoms with E-state index in [0.29, 0.717) is 12.1 Å². The zero-order valence-electron chi connectivity index (χ0n) is 10.9. The average molecular weight is 273 g/mol. The number of imidazole rings is 1. The first kappa shape index (κ1) is 12.6. The lowest BCUT2D eigenvalue weighted by Gasteiger charge is -2.08. The third-order valence-electron chi connectivity index (χ3n) is 3.29. The van der Waals surface area contributed by atoms with Gasteiger partial charge in [-0.25, -0.2) is 13.8 Å². The average Bonchev–Trinajstić information content (AvgIpc) is 2.74. The van der Waals surface area contributed by atoms with Crippen LogP contribution in [0.4, 0.5) is 14.7 Å². The van der Waals surface area contributed by atoms with Crippen LogP contribution in [0, 0.1) is 18.6 Å². The number of halogens is 2. The number of hydrogen-bond donors (Lipinski definition) is 1. The van der Waals surface area contributed by atoms with E-state index < -0.39 is 11.6 Å². The van der Waals surface area contributed by atoms with E-state index in [2.05, 4.69) is 4.98 Å². The number of rotatable bonds is 2. The highest BCUT2D eigenvalue weighted by Crippen LogP contribution is 2.24. The smallest absolute Gasteiger partial charge is 0.201 e. The minimum absolute atomic E-state index is 0.100. The topological polar surface area (TPSA) is 43.8 Å². The molecule has 2 N–H and O–H groups in total. The van der Waals surface area contributed by atoms with E-state index in [-0.39, 0.29) is 11.5 Å². The van der Waals surface area contributed by atoms with E-state index in [0.717, 1.165) is 17.2 Å². The number of benzene rings is 2. The Labute approximate surface area is 114 Å². The highest BCUT2D eigenvalue weighted by Gasteiger charge is 2.16. The summed E-state index contributed by atoms with van der Waals surface area (Å²) in [5.41, 5.74) is 8.35. The van der Waals surface area contributed by atoms with Crippen molar-refractivity contribution in [2.24, 2.45) is 0 Å². The standard InChI is InChI=1S/C15H13F2N3/c1-9-2-4-10(5-3-9)8-20-14-12(19-15(20)18)7-6-11(16)13(14)17/h2-7H,8H2,1H3,(H2,18,19). The van der Waals surface area contributed by atoms with E-state index in [1.165, 1.54) is 10.6 Å². The van der Waals surface area contributed by atoms with E-state index in [1.54, 1.807) is 0 Å². The summed E-state index contributed by atoms with van der Waals surface area (Å²) < 4.78 is 28.8. The quantitative estimate of drug-likeness (QED) is 0.779. The third kappa shape index (κ3) is 2.01. The van der Waals surface area contributed by atoms with Gasteiger partial charge in [-0.15, -0.1) is 0 Å². The summed E-state index contributed by atoms with van der Waals surface area (Å²) in [6.07, 6.45) is 0. The molecule has 0 aliphatic rings. The summed E-state index contributed by atoms with van der Waals surface area (Å²) in [6.45, 7) is 2.34. The summed E-state index contributed by atoms with van der Waals surface area (Å²) in [4.78, 5) is 4.06. The van der Waals surface area contributed by atoms with Gasteiger partial charge in [-0.1, -0.05) is 29.8 Å². The van der Waals surface area contributed by atoms with Crippen LogP contribution in [0.15, 0.2) is 36.4 Å². The molecule has 0 unspecified atom stereocenters. The summed E-state index contributed by atoms with van der Waals surface area (Å²) in [5.74, 6) is -1.65. The normalized spacial score (nSPS) is 11.2. The van der Waals surface area contributed by atoms with Crippen LogP contribution in [-0.2, 0) is 6.54 Å². The fourth-order valence-corrected chi connectivity index (χ4v) is 2.21. The molecule has 0 radical (unpaired) electrons. The fraction of sp³-hybridized carbons (Fsp3) is 0.133. The number of aromatic nitrogens is 2. The van der Waals surface area contributed by atoms with Crippen molar-refractivity contribution in [3.8, 4) is 0 Å². The lowest BCUT2D eigenvalue weighted by Crippen LogP contribution is -2.06. The lowest BCUT2D eigenvalue weighted by atomic mass is 10.1. The van der Waals surface area contributed by atoms with Gasteiger partial charge in [0.05, 0.1) is 12.1 Å². The lowest BCUT2D eigenvalue weighted by molar-refractivity contribution is 0.512. The van der Waals surface area contributed by atoms with Gasteiger partial charge in [-0.05, 0) is 24.6 Å². The Hall–Kier alpha value is -2.43. The molecule has 2 aromatic carbocycles. The number of nitrogen functional groups attached to an aromatic ring is 1. The van der Waals surface area contributed by atoms with E-state index in [1.807, 2.05) is 31.2 Å². The van der Waals surface area contributed by atoms with Gasteiger partial charge in [-0.3, -0.25) is 0 Å². The van der Waals surface area contributed by atoms with Gasteiger partial charge in [0.15, 0.2) is 11.6 Å². The molecule has 5 heteroatoms. The number of nitrogens with zero attached hydrogens (tertiary/aromatic N) is 2. The van der Waals surface area contributed by atoms with Crippen LogP contribution < -0.4 is 5.73 Å². The molecule has 0 spiro atoms. The number of nitrogens with two attached hydrogens (primary N) is 1. The summed E-state index contributed by atoms with van der Waals surface area (Å²) in [5, 5.41) is 0. The van der Waals surface area contributed by atoms with Gasteiger partial charge in [-0.2, -0.15) is 0 Å². The first-order chi connectivity index (χ1) is 9.56. The predicted molar refractivity (Wildman–Crippen MR) is 74.3 cm³/mol. The largest absolute Gasteiger partial charge is 0.369 e. The van der Waals surface area contributed by atoms with Gasteiger partial charge in [0.25, 0.3) is 0 Å². The summed E-state index contributed by atoms with van der Waals surface area (Å²) >= 11 is 0. The van der Waals surface area contributed by atoms with Crippen molar-refractivity contribution in [3.63, 3.8) is 0 Å². The molecule has 0 saturated heterocycles. The third-order valence-corrected chi connectivity index (χ3v) is 3.29. The maximum absolute atomic E-state index is 13.9. The molecule has 0 amide bonds. The molecule has 102 valence electrons. The molecule has 0 fully saturated rings. The molecule has 0 saturated carbocycles. The van der Waals surface area contributed by atoms with Crippen LogP contribution in [0.2, 0.25) is 0 Å². The maximum Gasteiger partial charge on any atom is 0.201 e. The Kier molecular flexibility index (Phi) is 2.89. The van der Waals surface area contributed by atoms with Crippen molar-refractivity contribution in [1.82, 2.24) is 9.55 Å². The molecule has 3 rings (SSSR count). The second-order valence-corrected chi connectivity index (χ2v) is 4.77. The first-order valence-electron chi connectivity index (χ1n) is 6.21. The zero-order valence-corrected chi connectivity index (χ0v) is 10.9. The van der Waals surface area contributed by atoms with Crippen LogP contribution in [0.3, 0.4) is 0 Å². The minimum atomic E-state index is -0.918. The van der Waals surface area contributed by atoms with Crippen molar-refractivity contribution in [1.29, 1.82) is 0 Å². The van der Waals surface area contributed by atoms with Crippen molar-refractivity contribution in [2.75, 3.05) is 5.73 Å². The second kappa shape index (κ2) is 4.59. The van der Waals surface area contributed by atoms with E-state index in [9.17, 15) is 8.78 Å². The molecule has 0 aliphatic heterocycles. The SMILES string of the molecule is Cc1ccc(Cn2c(N)nc3ccc(F)c(F)c32)cc1. The molecular formula is C15H13F2N3. The van der Waals surface area contributed by atoms with Crippen molar-refractivity contribution in [2.45, 2.75) is 13.5 Å². The van der Waals surface area contributed by atoms with Crippen molar-refractivity contribution < 1.29 is 8.78 Å². The number of anilines is 1. The molecule has 3 nitrogen and oxygen atoms in total. The van der Waals surface area contributed by atoms with Gasteiger partial charge >= 0.3 is 0 Å². The van der Waals surface area contributed by atoms with Crippen LogP contribution in [-0.4, -0.2) is 9.55 Å². The Bertz CT molecular complexity index is 776.